The van der Waals surface area contributed by atoms with Crippen molar-refractivity contribution >= 4 is 11.6 Å². The van der Waals surface area contributed by atoms with Gasteiger partial charge in [0.05, 0.1) is 11.8 Å². The summed E-state index contributed by atoms with van der Waals surface area (Å²) in [6, 6.07) is 12.6. The van der Waals surface area contributed by atoms with Gasteiger partial charge < -0.3 is 4.90 Å². The summed E-state index contributed by atoms with van der Waals surface area (Å²) in [5.41, 5.74) is 0.472. The van der Waals surface area contributed by atoms with Crippen molar-refractivity contribution in [1.82, 2.24) is 0 Å². The monoisotopic (exact) mass is 322 g/mol. The fourth-order valence-electron chi connectivity index (χ4n) is 1.96. The molecule has 0 spiro atoms. The fourth-order valence-corrected chi connectivity index (χ4v) is 1.96. The largest absolute Gasteiger partial charge is 0.303 e. The van der Waals surface area contributed by atoms with E-state index in [1.807, 2.05) is 6.07 Å². The van der Waals surface area contributed by atoms with Gasteiger partial charge in [0.2, 0.25) is 0 Å². The first-order valence-corrected chi connectivity index (χ1v) is 6.26. The number of nitrogens with zero attached hydrogens (tertiary/aromatic N) is 1. The average Bonchev–Trinajstić information content (AvgIpc) is 2.42. The number of anilines is 1. The van der Waals surface area contributed by atoms with Crippen LogP contribution in [0, 0.1) is 17.7 Å². The van der Waals surface area contributed by atoms with Crippen LogP contribution in [0.15, 0.2) is 42.5 Å². The second-order valence-electron chi connectivity index (χ2n) is 4.64. The number of benzene rings is 2. The molecule has 2 aromatic rings. The van der Waals surface area contributed by atoms with E-state index in [-0.39, 0.29) is 39.4 Å². The van der Waals surface area contributed by atoms with Crippen LogP contribution in [0.5, 0.6) is 0 Å². The van der Waals surface area contributed by atoms with E-state index in [1.54, 1.807) is 44.2 Å². The van der Waals surface area contributed by atoms with E-state index < -0.39 is 11.6 Å². The molecule has 0 atom stereocenters. The second-order valence-corrected chi connectivity index (χ2v) is 4.64. The molecule has 1 radical (unpaired) electrons. The predicted octanol–water partition coefficient (Wildman–Crippen LogP) is 3.82. The van der Waals surface area contributed by atoms with Crippen LogP contribution >= 0.6 is 0 Å². The van der Waals surface area contributed by atoms with Crippen molar-refractivity contribution in [1.29, 1.82) is 0 Å². The molecule has 0 heterocycles. The van der Waals surface area contributed by atoms with Crippen LogP contribution in [0.4, 0.5) is 14.5 Å². The molecule has 0 aliphatic heterocycles. The molecule has 0 saturated heterocycles. The van der Waals surface area contributed by atoms with Gasteiger partial charge in [0, 0.05) is 33.3 Å². The predicted molar refractivity (Wildman–Crippen MR) is 73.6 cm³/mol. The van der Waals surface area contributed by atoms with Gasteiger partial charge in [0.25, 0.3) is 5.91 Å². The summed E-state index contributed by atoms with van der Waals surface area (Å²) in [5, 5.41) is 0. The van der Waals surface area contributed by atoms with Crippen molar-refractivity contribution in [2.45, 2.75) is 19.9 Å². The van der Waals surface area contributed by atoms with Gasteiger partial charge in [0.1, 0.15) is 5.82 Å². The summed E-state index contributed by atoms with van der Waals surface area (Å²) in [4.78, 5) is 13.8. The molecule has 0 saturated carbocycles. The van der Waals surface area contributed by atoms with Crippen molar-refractivity contribution < 1.29 is 35.3 Å². The molecule has 0 bridgehead atoms. The zero-order chi connectivity index (χ0) is 14.7. The maximum Gasteiger partial charge on any atom is 0.258 e. The summed E-state index contributed by atoms with van der Waals surface area (Å²) in [6.07, 6.45) is 0. The summed E-state index contributed by atoms with van der Waals surface area (Å²) in [7, 11) is 0. The van der Waals surface area contributed by atoms with E-state index in [9.17, 15) is 13.6 Å². The van der Waals surface area contributed by atoms with Crippen LogP contribution in [0.2, 0.25) is 0 Å². The molecule has 1 amide bonds. The third kappa shape index (κ3) is 3.99. The standard InChI is InChI=1S/C16H14F2NO.Ti/c1-11(2)19(15-9-8-13(17)10-14(15)18)16(20)12-6-4-3-5-7-12;/h3-9,11H,1-2H3;. The Hall–Kier alpha value is -1.52. The molecule has 0 aromatic heterocycles. The Labute approximate surface area is 137 Å². The molecule has 21 heavy (non-hydrogen) atoms. The molecule has 0 aliphatic carbocycles. The third-order valence-corrected chi connectivity index (χ3v) is 2.86. The number of carbonyl (C=O) groups is 1. The first kappa shape index (κ1) is 17.5. The van der Waals surface area contributed by atoms with Crippen molar-refractivity contribution in [3.8, 4) is 0 Å². The van der Waals surface area contributed by atoms with Gasteiger partial charge in [-0.2, -0.15) is 0 Å². The molecule has 0 unspecified atom stereocenters. The van der Waals surface area contributed by atoms with Gasteiger partial charge in [-0.3, -0.25) is 4.79 Å². The Morgan fingerprint density at radius 1 is 1.10 bits per heavy atom. The Morgan fingerprint density at radius 3 is 2.24 bits per heavy atom. The van der Waals surface area contributed by atoms with E-state index in [0.29, 0.717) is 5.56 Å². The zero-order valence-corrected chi connectivity index (χ0v) is 13.3. The van der Waals surface area contributed by atoms with Crippen molar-refractivity contribution in [3.05, 3.63) is 65.7 Å². The smallest absolute Gasteiger partial charge is 0.258 e. The molecule has 107 valence electrons. The zero-order valence-electron chi connectivity index (χ0n) is 11.7. The van der Waals surface area contributed by atoms with E-state index >= 15 is 0 Å². The van der Waals surface area contributed by atoms with Crippen LogP contribution in [0.3, 0.4) is 0 Å². The first-order chi connectivity index (χ1) is 9.50. The van der Waals surface area contributed by atoms with Crippen molar-refractivity contribution in [2.24, 2.45) is 0 Å². The number of amides is 1. The second kappa shape index (κ2) is 7.48. The maximum atomic E-state index is 13.8. The SMILES string of the molecule is CC(C)N(C(=O)c1ccccc1)c1ccc(F)[c]c1F.[Ti]. The Bertz CT molecular complexity index is 617. The summed E-state index contributed by atoms with van der Waals surface area (Å²) in [5.74, 6) is -2.00. The minimum absolute atomic E-state index is 0. The summed E-state index contributed by atoms with van der Waals surface area (Å²) < 4.78 is 26.8. The molecular formula is C16H14F2NOTi. The number of halogens is 2. The number of hydrogen-bond acceptors (Lipinski definition) is 1. The Balaban J connectivity index is 0.00000220. The van der Waals surface area contributed by atoms with Crippen LogP contribution in [-0.4, -0.2) is 11.9 Å². The molecule has 2 rings (SSSR count). The molecule has 2 aromatic carbocycles. The third-order valence-electron chi connectivity index (χ3n) is 2.86. The van der Waals surface area contributed by atoms with Crippen LogP contribution < -0.4 is 4.90 Å². The van der Waals surface area contributed by atoms with E-state index in [1.165, 1.54) is 11.0 Å². The first-order valence-electron chi connectivity index (χ1n) is 6.26. The topological polar surface area (TPSA) is 20.3 Å². The van der Waals surface area contributed by atoms with Gasteiger partial charge in [-0.25, -0.2) is 8.78 Å². The fraction of sp³-hybridized carbons (Fsp3) is 0.188. The van der Waals surface area contributed by atoms with Crippen LogP contribution in [-0.2, 0) is 21.7 Å². The van der Waals surface area contributed by atoms with E-state index in [2.05, 4.69) is 0 Å². The number of hydrogen-bond donors (Lipinski definition) is 0. The Kier molecular flexibility index (Phi) is 6.25. The van der Waals surface area contributed by atoms with Gasteiger partial charge in [-0.1, -0.05) is 18.2 Å². The van der Waals surface area contributed by atoms with Gasteiger partial charge in [-0.05, 0) is 38.1 Å². The van der Waals surface area contributed by atoms with Crippen LogP contribution in [0.25, 0.3) is 0 Å². The van der Waals surface area contributed by atoms with Gasteiger partial charge in [-0.15, -0.1) is 0 Å². The molecule has 0 N–H and O–H groups in total. The average molecular weight is 322 g/mol. The van der Waals surface area contributed by atoms with Gasteiger partial charge >= 0.3 is 0 Å². The minimum atomic E-state index is -0.872. The number of carbonyl (C=O) groups excluding carboxylic acids is 1. The summed E-state index contributed by atoms with van der Waals surface area (Å²) >= 11 is 0. The molecule has 5 heteroatoms. The molecular weight excluding hydrogens is 308 g/mol. The van der Waals surface area contributed by atoms with Crippen molar-refractivity contribution in [2.75, 3.05) is 4.90 Å². The van der Waals surface area contributed by atoms with Crippen LogP contribution in [0.1, 0.15) is 24.2 Å². The molecule has 2 nitrogen and oxygen atoms in total. The molecule has 0 aliphatic rings. The quantitative estimate of drug-likeness (QED) is 0.787. The normalized spacial score (nSPS) is 10.1. The van der Waals surface area contributed by atoms with E-state index in [0.717, 1.165) is 6.07 Å². The molecule has 0 fully saturated rings. The van der Waals surface area contributed by atoms with E-state index in [4.69, 9.17) is 0 Å². The summed E-state index contributed by atoms with van der Waals surface area (Å²) in [6.45, 7) is 3.53. The minimum Gasteiger partial charge on any atom is -0.303 e. The maximum absolute atomic E-state index is 13.8. The number of rotatable bonds is 3. The van der Waals surface area contributed by atoms with Crippen molar-refractivity contribution in [3.63, 3.8) is 0 Å². The Morgan fingerprint density at radius 2 is 1.71 bits per heavy atom. The van der Waals surface area contributed by atoms with Gasteiger partial charge in [0.15, 0.2) is 5.82 Å².